The van der Waals surface area contributed by atoms with Gasteiger partial charge in [0, 0.05) is 26.2 Å². The summed E-state index contributed by atoms with van der Waals surface area (Å²) in [6.07, 6.45) is 1.50. The van der Waals surface area contributed by atoms with Gasteiger partial charge in [-0.25, -0.2) is 4.79 Å². The van der Waals surface area contributed by atoms with Crippen LogP contribution in [-0.2, 0) is 9.53 Å². The Morgan fingerprint density at radius 3 is 3.00 bits per heavy atom. The lowest BCUT2D eigenvalue weighted by atomic mass is 10.2. The summed E-state index contributed by atoms with van der Waals surface area (Å²) in [5.41, 5.74) is 5.51. The molecule has 0 aliphatic carbocycles. The molecule has 1 saturated heterocycles. The maximum atomic E-state index is 11.6. The largest absolute Gasteiger partial charge is 0.374 e. The van der Waals surface area contributed by atoms with E-state index in [1.54, 1.807) is 0 Å². The highest BCUT2D eigenvalue weighted by atomic mass is 16.5. The summed E-state index contributed by atoms with van der Waals surface area (Å²) < 4.78 is 5.38. The molecule has 7 nitrogen and oxygen atoms in total. The average molecular weight is 256 g/mol. The minimum absolute atomic E-state index is 0.0406. The Balaban J connectivity index is 2.26. The van der Waals surface area contributed by atoms with Gasteiger partial charge in [0.05, 0.1) is 19.3 Å². The first kappa shape index (κ1) is 14.6. The maximum absolute atomic E-state index is 11.6. The molecule has 4 N–H and O–H groups in total. The molecule has 0 aromatic heterocycles. The first-order valence-electron chi connectivity index (χ1n) is 5.88. The van der Waals surface area contributed by atoms with Gasteiger partial charge in [-0.2, -0.15) is 0 Å². The van der Waals surface area contributed by atoms with Gasteiger partial charge in [-0.3, -0.25) is 15.0 Å². The maximum Gasteiger partial charge on any atom is 0.321 e. The van der Waals surface area contributed by atoms with E-state index in [0.717, 1.165) is 0 Å². The number of urea groups is 1. The molecule has 1 aliphatic heterocycles. The predicted molar refractivity (Wildman–Crippen MR) is 67.0 cm³/mol. The quantitative estimate of drug-likeness (QED) is 0.529. The number of hydrogen-bond acceptors (Lipinski definition) is 5. The number of morpholine rings is 1. The third kappa shape index (κ3) is 5.26. The van der Waals surface area contributed by atoms with E-state index in [9.17, 15) is 9.59 Å². The molecular weight excluding hydrogens is 236 g/mol. The predicted octanol–water partition coefficient (Wildman–Crippen LogP) is -1.34. The Kier molecular flexibility index (Phi) is 6.34. The van der Waals surface area contributed by atoms with Crippen molar-refractivity contribution >= 4 is 11.9 Å². The number of rotatable bonds is 5. The second kappa shape index (κ2) is 7.80. The second-order valence-electron chi connectivity index (χ2n) is 4.01. The minimum Gasteiger partial charge on any atom is -0.374 e. The summed E-state index contributed by atoms with van der Waals surface area (Å²) in [5, 5.41) is 4.71. The van der Waals surface area contributed by atoms with Crippen molar-refractivity contribution in [2.45, 2.75) is 6.10 Å². The molecule has 0 bridgehead atoms. The Hall–Kier alpha value is -1.44. The van der Waals surface area contributed by atoms with Crippen LogP contribution >= 0.6 is 0 Å². The van der Waals surface area contributed by atoms with Crippen LogP contribution in [0.15, 0.2) is 12.7 Å². The van der Waals surface area contributed by atoms with Crippen LogP contribution in [0.25, 0.3) is 0 Å². The zero-order chi connectivity index (χ0) is 13.4. The van der Waals surface area contributed by atoms with E-state index >= 15 is 0 Å². The molecule has 1 aliphatic rings. The van der Waals surface area contributed by atoms with E-state index in [-0.39, 0.29) is 18.6 Å². The van der Waals surface area contributed by atoms with E-state index in [0.29, 0.717) is 32.8 Å². The van der Waals surface area contributed by atoms with Gasteiger partial charge in [-0.15, -0.1) is 6.58 Å². The van der Waals surface area contributed by atoms with Gasteiger partial charge < -0.3 is 15.8 Å². The first-order valence-corrected chi connectivity index (χ1v) is 5.88. The van der Waals surface area contributed by atoms with Crippen LogP contribution in [0.1, 0.15) is 0 Å². The van der Waals surface area contributed by atoms with Crippen molar-refractivity contribution in [3.05, 3.63) is 12.7 Å². The molecule has 102 valence electrons. The highest BCUT2D eigenvalue weighted by Crippen LogP contribution is 2.02. The van der Waals surface area contributed by atoms with Crippen molar-refractivity contribution in [1.29, 1.82) is 0 Å². The zero-order valence-corrected chi connectivity index (χ0v) is 10.4. The average Bonchev–Trinajstić information content (AvgIpc) is 2.36. The summed E-state index contributed by atoms with van der Waals surface area (Å²) in [6.45, 7) is 6.21. The van der Waals surface area contributed by atoms with E-state index in [4.69, 9.17) is 10.5 Å². The van der Waals surface area contributed by atoms with Crippen molar-refractivity contribution in [3.63, 3.8) is 0 Å². The van der Waals surface area contributed by atoms with Gasteiger partial charge in [0.25, 0.3) is 0 Å². The van der Waals surface area contributed by atoms with Crippen LogP contribution in [0.5, 0.6) is 0 Å². The highest BCUT2D eigenvalue weighted by molar-refractivity contribution is 5.95. The number of carbonyl (C=O) groups excluding carboxylic acids is 2. The fraction of sp³-hybridized carbons (Fsp3) is 0.636. The molecule has 18 heavy (non-hydrogen) atoms. The molecule has 7 heteroatoms. The third-order valence-electron chi connectivity index (χ3n) is 2.51. The summed E-state index contributed by atoms with van der Waals surface area (Å²) in [4.78, 5) is 24.7. The monoisotopic (exact) mass is 256 g/mol. The molecule has 0 spiro atoms. The second-order valence-corrected chi connectivity index (χ2v) is 4.01. The number of nitrogens with zero attached hydrogens (tertiary/aromatic N) is 1. The summed E-state index contributed by atoms with van der Waals surface area (Å²) in [7, 11) is 0. The number of hydrogen-bond donors (Lipinski definition) is 3. The lowest BCUT2D eigenvalue weighted by Crippen LogP contribution is -2.50. The van der Waals surface area contributed by atoms with Crippen LogP contribution in [0.4, 0.5) is 4.79 Å². The molecule has 1 fully saturated rings. The summed E-state index contributed by atoms with van der Waals surface area (Å²) in [6, 6.07) is -0.511. The van der Waals surface area contributed by atoms with Gasteiger partial charge in [-0.1, -0.05) is 6.08 Å². The molecule has 0 saturated carbocycles. The molecule has 0 aromatic carbocycles. The van der Waals surface area contributed by atoms with Crippen LogP contribution in [0.3, 0.4) is 0 Å². The van der Waals surface area contributed by atoms with Crippen LogP contribution < -0.4 is 16.4 Å². The Morgan fingerprint density at radius 2 is 2.33 bits per heavy atom. The molecular formula is C11H20N4O3. The number of nitrogens with one attached hydrogen (secondary N) is 2. The molecule has 1 heterocycles. The fourth-order valence-electron chi connectivity index (χ4n) is 1.64. The smallest absolute Gasteiger partial charge is 0.321 e. The SMILES string of the molecule is C=CCNC(=O)NC(=O)CN1CCOC(CN)C1. The first-order chi connectivity index (χ1) is 8.65. The van der Waals surface area contributed by atoms with Gasteiger partial charge >= 0.3 is 6.03 Å². The number of imide groups is 1. The number of ether oxygens (including phenoxy) is 1. The van der Waals surface area contributed by atoms with Crippen LogP contribution in [0, 0.1) is 0 Å². The number of carbonyl (C=O) groups is 2. The number of amides is 3. The standard InChI is InChI=1S/C11H20N4O3/c1-2-3-13-11(17)14-10(16)8-15-4-5-18-9(6-12)7-15/h2,9H,1,3-8,12H2,(H2,13,14,16,17). The van der Waals surface area contributed by atoms with Gasteiger partial charge in [0.1, 0.15) is 0 Å². The molecule has 0 aromatic rings. The normalized spacial score (nSPS) is 20.2. The van der Waals surface area contributed by atoms with E-state index in [2.05, 4.69) is 17.2 Å². The van der Waals surface area contributed by atoms with Crippen LogP contribution in [0.2, 0.25) is 0 Å². The van der Waals surface area contributed by atoms with E-state index in [1.807, 2.05) is 4.90 Å². The minimum atomic E-state index is -0.511. The molecule has 3 amide bonds. The van der Waals surface area contributed by atoms with E-state index in [1.165, 1.54) is 6.08 Å². The van der Waals surface area contributed by atoms with Crippen LogP contribution in [-0.4, -0.2) is 62.3 Å². The van der Waals surface area contributed by atoms with E-state index < -0.39 is 6.03 Å². The molecule has 0 radical (unpaired) electrons. The fourth-order valence-corrected chi connectivity index (χ4v) is 1.64. The Bertz CT molecular complexity index is 309. The van der Waals surface area contributed by atoms with Crippen molar-refractivity contribution in [2.75, 3.05) is 39.3 Å². The third-order valence-corrected chi connectivity index (χ3v) is 2.51. The summed E-state index contributed by atoms with van der Waals surface area (Å²) in [5.74, 6) is -0.339. The number of nitrogens with two attached hydrogens (primary N) is 1. The summed E-state index contributed by atoms with van der Waals surface area (Å²) >= 11 is 0. The lowest BCUT2D eigenvalue weighted by Gasteiger charge is -2.31. The molecule has 1 rings (SSSR count). The van der Waals surface area contributed by atoms with Crippen molar-refractivity contribution in [1.82, 2.24) is 15.5 Å². The van der Waals surface area contributed by atoms with Crippen molar-refractivity contribution < 1.29 is 14.3 Å². The molecule has 1 atom stereocenters. The van der Waals surface area contributed by atoms with Gasteiger partial charge in [-0.05, 0) is 0 Å². The lowest BCUT2D eigenvalue weighted by molar-refractivity contribution is -0.123. The molecule has 1 unspecified atom stereocenters. The Morgan fingerprint density at radius 1 is 1.56 bits per heavy atom. The van der Waals surface area contributed by atoms with Crippen molar-refractivity contribution in [3.8, 4) is 0 Å². The van der Waals surface area contributed by atoms with Gasteiger partial charge in [0.15, 0.2) is 0 Å². The van der Waals surface area contributed by atoms with Crippen molar-refractivity contribution in [2.24, 2.45) is 5.73 Å². The topological polar surface area (TPSA) is 96.7 Å². The van der Waals surface area contributed by atoms with Gasteiger partial charge in [0.2, 0.25) is 5.91 Å². The highest BCUT2D eigenvalue weighted by Gasteiger charge is 2.21. The Labute approximate surface area is 106 Å². The zero-order valence-electron chi connectivity index (χ0n) is 10.4.